The fourth-order valence-electron chi connectivity index (χ4n) is 2.21. The van der Waals surface area contributed by atoms with Crippen molar-refractivity contribution in [3.63, 3.8) is 0 Å². The summed E-state index contributed by atoms with van der Waals surface area (Å²) >= 11 is 0. The molecule has 0 aliphatic rings. The minimum atomic E-state index is -0.500. The first kappa shape index (κ1) is 19.3. The van der Waals surface area contributed by atoms with Gasteiger partial charge in [0.25, 0.3) is 0 Å². The standard InChI is InChI=1S/C18H30N2O3/c1-12(2)16(11-19-17(22)23-18(4,5)6)20-13(3)14-8-7-9-15(21)10-14/h7-10,12-13,16,20-21H,11H2,1-6H3,(H,19,22). The second kappa shape index (κ2) is 8.20. The molecular formula is C18H30N2O3. The molecule has 1 amide bonds. The van der Waals surface area contributed by atoms with Crippen molar-refractivity contribution in [3.05, 3.63) is 29.8 Å². The molecule has 1 aromatic rings. The van der Waals surface area contributed by atoms with Gasteiger partial charge in [-0.1, -0.05) is 26.0 Å². The molecule has 0 aromatic heterocycles. The zero-order valence-corrected chi connectivity index (χ0v) is 15.0. The summed E-state index contributed by atoms with van der Waals surface area (Å²) in [5.74, 6) is 0.592. The molecule has 0 radical (unpaired) electrons. The van der Waals surface area contributed by atoms with Crippen molar-refractivity contribution in [2.75, 3.05) is 6.54 Å². The van der Waals surface area contributed by atoms with Crippen molar-refractivity contribution in [3.8, 4) is 5.75 Å². The van der Waals surface area contributed by atoms with Gasteiger partial charge in [-0.25, -0.2) is 4.79 Å². The number of phenols is 1. The quantitative estimate of drug-likeness (QED) is 0.748. The monoisotopic (exact) mass is 322 g/mol. The Morgan fingerprint density at radius 3 is 2.43 bits per heavy atom. The van der Waals surface area contributed by atoms with E-state index in [2.05, 4.69) is 24.5 Å². The summed E-state index contributed by atoms with van der Waals surface area (Å²) in [5.41, 5.74) is 0.507. The highest BCUT2D eigenvalue weighted by atomic mass is 16.6. The molecule has 5 heteroatoms. The topological polar surface area (TPSA) is 70.6 Å². The Morgan fingerprint density at radius 1 is 1.26 bits per heavy atom. The van der Waals surface area contributed by atoms with Crippen molar-refractivity contribution in [2.24, 2.45) is 5.92 Å². The summed E-state index contributed by atoms with van der Waals surface area (Å²) in [6.07, 6.45) is -0.407. The van der Waals surface area contributed by atoms with Gasteiger partial charge in [0.2, 0.25) is 0 Å². The number of carbonyl (C=O) groups excluding carboxylic acids is 1. The SMILES string of the molecule is CC(NC(CNC(=O)OC(C)(C)C)C(C)C)c1cccc(O)c1. The van der Waals surface area contributed by atoms with Crippen LogP contribution in [-0.4, -0.2) is 29.4 Å². The van der Waals surface area contributed by atoms with E-state index in [0.717, 1.165) is 5.56 Å². The zero-order chi connectivity index (χ0) is 17.6. The molecule has 0 saturated carbocycles. The van der Waals surface area contributed by atoms with Gasteiger partial charge in [0.1, 0.15) is 11.4 Å². The average Bonchev–Trinajstić information content (AvgIpc) is 2.40. The smallest absolute Gasteiger partial charge is 0.407 e. The Labute approximate surface area is 139 Å². The number of benzene rings is 1. The minimum Gasteiger partial charge on any atom is -0.508 e. The molecule has 2 unspecified atom stereocenters. The summed E-state index contributed by atoms with van der Waals surface area (Å²) in [7, 11) is 0. The van der Waals surface area contributed by atoms with Crippen LogP contribution < -0.4 is 10.6 Å². The summed E-state index contributed by atoms with van der Waals surface area (Å²) < 4.78 is 5.26. The molecule has 3 N–H and O–H groups in total. The number of ether oxygens (including phenoxy) is 1. The summed E-state index contributed by atoms with van der Waals surface area (Å²) in [5, 5.41) is 15.9. The van der Waals surface area contributed by atoms with Crippen LogP contribution in [0.15, 0.2) is 24.3 Å². The maximum atomic E-state index is 11.8. The van der Waals surface area contributed by atoms with Crippen LogP contribution in [0.5, 0.6) is 5.75 Å². The van der Waals surface area contributed by atoms with Crippen LogP contribution in [0.25, 0.3) is 0 Å². The third-order valence-corrected chi connectivity index (χ3v) is 3.50. The van der Waals surface area contributed by atoms with Crippen molar-refractivity contribution in [1.29, 1.82) is 0 Å². The number of nitrogens with one attached hydrogen (secondary N) is 2. The first-order valence-electron chi connectivity index (χ1n) is 8.10. The van der Waals surface area contributed by atoms with Gasteiger partial charge in [0.05, 0.1) is 0 Å². The van der Waals surface area contributed by atoms with Gasteiger partial charge in [0, 0.05) is 18.6 Å². The van der Waals surface area contributed by atoms with Gasteiger partial charge in [-0.05, 0) is 51.3 Å². The van der Waals surface area contributed by atoms with Crippen LogP contribution in [0.2, 0.25) is 0 Å². The molecule has 0 spiro atoms. The molecule has 0 fully saturated rings. The number of rotatable bonds is 6. The number of hydrogen-bond acceptors (Lipinski definition) is 4. The molecule has 23 heavy (non-hydrogen) atoms. The number of hydrogen-bond donors (Lipinski definition) is 3. The number of carbonyl (C=O) groups is 1. The highest BCUT2D eigenvalue weighted by molar-refractivity contribution is 5.67. The first-order valence-corrected chi connectivity index (χ1v) is 8.10. The lowest BCUT2D eigenvalue weighted by Crippen LogP contribution is -2.46. The van der Waals surface area contributed by atoms with Crippen LogP contribution in [0.3, 0.4) is 0 Å². The van der Waals surface area contributed by atoms with E-state index >= 15 is 0 Å². The van der Waals surface area contributed by atoms with E-state index in [1.165, 1.54) is 0 Å². The van der Waals surface area contributed by atoms with Gasteiger partial charge in [-0.15, -0.1) is 0 Å². The Morgan fingerprint density at radius 2 is 1.91 bits per heavy atom. The Kier molecular flexibility index (Phi) is 6.88. The summed E-state index contributed by atoms with van der Waals surface area (Å²) in [4.78, 5) is 11.8. The largest absolute Gasteiger partial charge is 0.508 e. The van der Waals surface area contributed by atoms with E-state index in [-0.39, 0.29) is 17.8 Å². The maximum Gasteiger partial charge on any atom is 0.407 e. The average molecular weight is 322 g/mol. The van der Waals surface area contributed by atoms with E-state index in [9.17, 15) is 9.90 Å². The lowest BCUT2D eigenvalue weighted by Gasteiger charge is -2.28. The fraction of sp³-hybridized carbons (Fsp3) is 0.611. The van der Waals surface area contributed by atoms with E-state index in [1.807, 2.05) is 39.8 Å². The Bertz CT molecular complexity index is 509. The molecule has 2 atom stereocenters. The number of alkyl carbamates (subject to hydrolysis) is 1. The van der Waals surface area contributed by atoms with Crippen molar-refractivity contribution >= 4 is 6.09 Å². The first-order chi connectivity index (χ1) is 10.6. The van der Waals surface area contributed by atoms with Crippen molar-refractivity contribution < 1.29 is 14.6 Å². The molecule has 0 aliphatic heterocycles. The van der Waals surface area contributed by atoms with E-state index in [0.29, 0.717) is 12.5 Å². The fourth-order valence-corrected chi connectivity index (χ4v) is 2.21. The van der Waals surface area contributed by atoms with Crippen LogP contribution in [0.1, 0.15) is 53.1 Å². The van der Waals surface area contributed by atoms with Crippen LogP contribution in [0, 0.1) is 5.92 Å². The second-order valence-electron chi connectivity index (χ2n) is 7.22. The molecule has 1 aromatic carbocycles. The van der Waals surface area contributed by atoms with Crippen LogP contribution in [-0.2, 0) is 4.74 Å². The molecular weight excluding hydrogens is 292 g/mol. The van der Waals surface area contributed by atoms with Gasteiger partial charge in [0.15, 0.2) is 0 Å². The molecule has 5 nitrogen and oxygen atoms in total. The lowest BCUT2D eigenvalue weighted by atomic mass is 10.0. The van der Waals surface area contributed by atoms with E-state index < -0.39 is 11.7 Å². The molecule has 0 heterocycles. The minimum absolute atomic E-state index is 0.0648. The number of aromatic hydroxyl groups is 1. The number of phenolic OH excluding ortho intramolecular Hbond substituents is 1. The predicted octanol–water partition coefficient (Wildman–Crippen LogP) is 3.59. The van der Waals surface area contributed by atoms with Gasteiger partial charge in [-0.3, -0.25) is 0 Å². The number of amides is 1. The lowest BCUT2D eigenvalue weighted by molar-refractivity contribution is 0.0518. The van der Waals surface area contributed by atoms with E-state index in [4.69, 9.17) is 4.74 Å². The maximum absolute atomic E-state index is 11.8. The van der Waals surface area contributed by atoms with Gasteiger partial charge < -0.3 is 20.5 Å². The third-order valence-electron chi connectivity index (χ3n) is 3.50. The molecule has 0 aliphatic carbocycles. The van der Waals surface area contributed by atoms with Gasteiger partial charge in [-0.2, -0.15) is 0 Å². The van der Waals surface area contributed by atoms with Crippen LogP contribution >= 0.6 is 0 Å². The molecule has 0 bridgehead atoms. The second-order valence-corrected chi connectivity index (χ2v) is 7.22. The highest BCUT2D eigenvalue weighted by Crippen LogP contribution is 2.19. The van der Waals surface area contributed by atoms with Gasteiger partial charge >= 0.3 is 6.09 Å². The van der Waals surface area contributed by atoms with Crippen LogP contribution in [0.4, 0.5) is 4.79 Å². The highest BCUT2D eigenvalue weighted by Gasteiger charge is 2.20. The third kappa shape index (κ3) is 7.37. The Hall–Kier alpha value is -1.75. The normalized spacial score (nSPS) is 14.4. The Balaban J connectivity index is 2.60. The van der Waals surface area contributed by atoms with Crippen molar-refractivity contribution in [2.45, 2.75) is 59.2 Å². The summed E-state index contributed by atoms with van der Waals surface area (Å²) in [6, 6.07) is 7.36. The zero-order valence-electron chi connectivity index (χ0n) is 15.0. The van der Waals surface area contributed by atoms with E-state index in [1.54, 1.807) is 12.1 Å². The molecule has 130 valence electrons. The van der Waals surface area contributed by atoms with Crippen molar-refractivity contribution in [1.82, 2.24) is 10.6 Å². The molecule has 1 rings (SSSR count). The summed E-state index contributed by atoms with van der Waals surface area (Å²) in [6.45, 7) is 12.2. The predicted molar refractivity (Wildman–Crippen MR) is 92.5 cm³/mol. The molecule has 0 saturated heterocycles.